The number of unbranched alkanes of at least 4 members (excludes halogenated alkanes) is 11. The molecule has 1 unspecified atom stereocenters. The number of carbonyl (C=O) groups is 1. The van der Waals surface area contributed by atoms with E-state index in [9.17, 15) is 4.79 Å². The molecule has 0 saturated heterocycles. The van der Waals surface area contributed by atoms with Crippen molar-refractivity contribution >= 4 is 23.2 Å². The highest BCUT2D eigenvalue weighted by molar-refractivity contribution is 6.31. The van der Waals surface area contributed by atoms with Crippen LogP contribution in [0.4, 0.5) is 5.69 Å². The molecule has 1 aliphatic rings. The van der Waals surface area contributed by atoms with Gasteiger partial charge in [0.2, 0.25) is 0 Å². The minimum atomic E-state index is -0.267. The molecule has 3 rings (SSSR count). The van der Waals surface area contributed by atoms with Crippen molar-refractivity contribution in [3.63, 3.8) is 0 Å². The van der Waals surface area contributed by atoms with Crippen LogP contribution in [0.5, 0.6) is 5.75 Å². The second-order valence-corrected chi connectivity index (χ2v) is 9.48. The first-order valence-corrected chi connectivity index (χ1v) is 13.1. The summed E-state index contributed by atoms with van der Waals surface area (Å²) in [6.45, 7) is 3.03. The number of hydrogen-bond acceptors (Lipinski definition) is 3. The van der Waals surface area contributed by atoms with Gasteiger partial charge in [-0.2, -0.15) is 0 Å². The third kappa shape index (κ3) is 8.58. The van der Waals surface area contributed by atoms with Gasteiger partial charge < -0.3 is 15.4 Å². The highest BCUT2D eigenvalue weighted by Crippen LogP contribution is 2.29. The molecule has 0 bridgehead atoms. The lowest BCUT2D eigenvalue weighted by Crippen LogP contribution is -2.38. The maximum atomic E-state index is 12.4. The molecule has 2 aromatic rings. The van der Waals surface area contributed by atoms with Gasteiger partial charge in [-0.3, -0.25) is 4.79 Å². The molecule has 0 aromatic heterocycles. The molecule has 0 aliphatic carbocycles. The number of halogens is 1. The maximum absolute atomic E-state index is 12.4. The summed E-state index contributed by atoms with van der Waals surface area (Å²) >= 11 is 6.00. The van der Waals surface area contributed by atoms with Crippen molar-refractivity contribution in [2.24, 2.45) is 0 Å². The van der Waals surface area contributed by atoms with Crippen molar-refractivity contribution in [3.05, 3.63) is 58.6 Å². The van der Waals surface area contributed by atoms with Gasteiger partial charge in [0.25, 0.3) is 5.91 Å². The number of benzene rings is 2. The van der Waals surface area contributed by atoms with Crippen LogP contribution in [0, 0.1) is 0 Å². The molecular weight excluding hydrogens is 432 g/mol. The first-order chi connectivity index (χ1) is 16.2. The van der Waals surface area contributed by atoms with Crippen LogP contribution in [0.1, 0.15) is 106 Å². The monoisotopic (exact) mass is 470 g/mol. The van der Waals surface area contributed by atoms with Gasteiger partial charge in [0.15, 0.2) is 0 Å². The zero-order valence-corrected chi connectivity index (χ0v) is 20.8. The Bertz CT molecular complexity index is 853. The quantitative estimate of drug-likeness (QED) is 0.257. The van der Waals surface area contributed by atoms with E-state index in [1.54, 1.807) is 12.1 Å². The summed E-state index contributed by atoms with van der Waals surface area (Å²) in [7, 11) is 0. The fourth-order valence-electron chi connectivity index (χ4n) is 4.29. The summed E-state index contributed by atoms with van der Waals surface area (Å²) in [6, 6.07) is 13.3. The zero-order valence-electron chi connectivity index (χ0n) is 20.0. The predicted octanol–water partition coefficient (Wildman–Crippen LogP) is 8.27. The van der Waals surface area contributed by atoms with Crippen LogP contribution in [-0.2, 0) is 0 Å². The SMILES string of the molecule is CCCCCCCCCCCCCCOc1ccc(C2NC(=O)c3cc(Cl)ccc3N2)cc1. The van der Waals surface area contributed by atoms with Gasteiger partial charge in [-0.05, 0) is 42.3 Å². The van der Waals surface area contributed by atoms with E-state index in [2.05, 4.69) is 17.6 Å². The first-order valence-electron chi connectivity index (χ1n) is 12.8. The minimum absolute atomic E-state index is 0.122. The Hall–Kier alpha value is -2.20. The Morgan fingerprint density at radius 2 is 1.39 bits per heavy atom. The van der Waals surface area contributed by atoms with Crippen LogP contribution < -0.4 is 15.4 Å². The number of ether oxygens (including phenoxy) is 1. The van der Waals surface area contributed by atoms with Crippen molar-refractivity contribution < 1.29 is 9.53 Å². The standard InChI is InChI=1S/C28H39ClN2O2/c1-2-3-4-5-6-7-8-9-10-11-12-13-20-33-24-17-14-22(15-18-24)27-30-26-19-16-23(29)21-25(26)28(32)31-27/h14-19,21,27,30H,2-13,20H2,1H3,(H,31,32). The van der Waals surface area contributed by atoms with Crippen molar-refractivity contribution in [1.82, 2.24) is 5.32 Å². The molecule has 2 aromatic carbocycles. The van der Waals surface area contributed by atoms with E-state index in [-0.39, 0.29) is 12.1 Å². The average Bonchev–Trinajstić information content (AvgIpc) is 2.83. The van der Waals surface area contributed by atoms with Gasteiger partial charge in [-0.25, -0.2) is 0 Å². The van der Waals surface area contributed by atoms with Crippen LogP contribution in [-0.4, -0.2) is 12.5 Å². The fourth-order valence-corrected chi connectivity index (χ4v) is 4.46. The number of carbonyl (C=O) groups excluding carboxylic acids is 1. The summed E-state index contributed by atoms with van der Waals surface area (Å²) in [5.74, 6) is 0.750. The lowest BCUT2D eigenvalue weighted by molar-refractivity contribution is 0.0935. The topological polar surface area (TPSA) is 50.4 Å². The predicted molar refractivity (Wildman–Crippen MR) is 138 cm³/mol. The number of rotatable bonds is 15. The summed E-state index contributed by atoms with van der Waals surface area (Å²) in [6.07, 6.45) is 15.9. The summed E-state index contributed by atoms with van der Waals surface area (Å²) in [5.41, 5.74) is 2.35. The first kappa shape index (κ1) is 25.4. The van der Waals surface area contributed by atoms with E-state index in [1.807, 2.05) is 30.3 Å². The molecule has 0 spiro atoms. The smallest absolute Gasteiger partial charge is 0.255 e. The van der Waals surface area contributed by atoms with Gasteiger partial charge in [-0.1, -0.05) is 101 Å². The molecule has 1 atom stereocenters. The number of amides is 1. The van der Waals surface area contributed by atoms with Gasteiger partial charge in [-0.15, -0.1) is 0 Å². The molecule has 0 radical (unpaired) electrons. The lowest BCUT2D eigenvalue weighted by atomic mass is 10.1. The van der Waals surface area contributed by atoms with Crippen LogP contribution in [0.25, 0.3) is 0 Å². The summed E-state index contributed by atoms with van der Waals surface area (Å²) < 4.78 is 5.91. The molecule has 0 fully saturated rings. The van der Waals surface area contributed by atoms with Crippen LogP contribution in [0.3, 0.4) is 0 Å². The highest BCUT2D eigenvalue weighted by Gasteiger charge is 2.24. The Labute approximate surface area is 204 Å². The third-order valence-corrected chi connectivity index (χ3v) is 6.52. The number of nitrogens with one attached hydrogen (secondary N) is 2. The molecule has 1 heterocycles. The molecule has 33 heavy (non-hydrogen) atoms. The van der Waals surface area contributed by atoms with Crippen LogP contribution in [0.15, 0.2) is 42.5 Å². The molecule has 2 N–H and O–H groups in total. The van der Waals surface area contributed by atoms with Gasteiger partial charge in [0.1, 0.15) is 11.9 Å². The molecule has 5 heteroatoms. The molecule has 180 valence electrons. The second-order valence-electron chi connectivity index (χ2n) is 9.05. The Kier molecular flexibility index (Phi) is 10.9. The van der Waals surface area contributed by atoms with Crippen molar-refractivity contribution in [2.75, 3.05) is 11.9 Å². The molecule has 1 amide bonds. The summed E-state index contributed by atoms with van der Waals surface area (Å²) in [4.78, 5) is 12.4. The van der Waals surface area contributed by atoms with Crippen LogP contribution in [0.2, 0.25) is 5.02 Å². The molecule has 1 aliphatic heterocycles. The average molecular weight is 471 g/mol. The van der Waals surface area contributed by atoms with Crippen molar-refractivity contribution in [3.8, 4) is 5.75 Å². The van der Waals surface area contributed by atoms with E-state index in [0.29, 0.717) is 10.6 Å². The number of anilines is 1. The van der Waals surface area contributed by atoms with E-state index in [4.69, 9.17) is 16.3 Å². The lowest BCUT2D eigenvalue weighted by Gasteiger charge is -2.28. The minimum Gasteiger partial charge on any atom is -0.494 e. The van der Waals surface area contributed by atoms with E-state index < -0.39 is 0 Å². The van der Waals surface area contributed by atoms with Gasteiger partial charge in [0.05, 0.1) is 12.2 Å². The highest BCUT2D eigenvalue weighted by atomic mass is 35.5. The number of fused-ring (bicyclic) bond motifs is 1. The van der Waals surface area contributed by atoms with Gasteiger partial charge >= 0.3 is 0 Å². The largest absolute Gasteiger partial charge is 0.494 e. The number of hydrogen-bond donors (Lipinski definition) is 2. The molecular formula is C28H39ClN2O2. The third-order valence-electron chi connectivity index (χ3n) is 6.28. The van der Waals surface area contributed by atoms with E-state index in [0.717, 1.165) is 30.0 Å². The van der Waals surface area contributed by atoms with Crippen LogP contribution >= 0.6 is 11.6 Å². The van der Waals surface area contributed by atoms with E-state index >= 15 is 0 Å². The Morgan fingerprint density at radius 3 is 2.03 bits per heavy atom. The summed E-state index contributed by atoms with van der Waals surface area (Å²) in [5, 5.41) is 6.89. The maximum Gasteiger partial charge on any atom is 0.255 e. The van der Waals surface area contributed by atoms with Gasteiger partial charge in [0, 0.05) is 10.7 Å². The van der Waals surface area contributed by atoms with E-state index in [1.165, 1.54) is 70.6 Å². The Morgan fingerprint density at radius 1 is 0.788 bits per heavy atom. The normalized spacial score (nSPS) is 15.0. The second kappa shape index (κ2) is 14.1. The van der Waals surface area contributed by atoms with Crippen molar-refractivity contribution in [2.45, 2.75) is 90.1 Å². The Balaban J connectivity index is 1.27. The zero-order chi connectivity index (χ0) is 23.3. The molecule has 0 saturated carbocycles. The van der Waals surface area contributed by atoms with Crippen molar-refractivity contribution in [1.29, 1.82) is 0 Å². The molecule has 4 nitrogen and oxygen atoms in total. The fraction of sp³-hybridized carbons (Fsp3) is 0.536.